The fraction of sp³-hybridized carbons (Fsp3) is 0.222. The van der Waals surface area contributed by atoms with E-state index in [1.807, 2.05) is 0 Å². The largest absolute Gasteiger partial charge is 0.461 e. The number of sulfonamides is 1. The maximum absolute atomic E-state index is 11.8. The van der Waals surface area contributed by atoms with E-state index < -0.39 is 10.0 Å². The second kappa shape index (κ2) is 8.83. The Morgan fingerprint density at radius 3 is 2.64 bits per heavy atom. The van der Waals surface area contributed by atoms with Crippen LogP contribution in [0.1, 0.15) is 11.3 Å². The normalized spacial score (nSPS) is 11.5. The zero-order chi connectivity index (χ0) is 20.0. The molecule has 2 aromatic heterocycles. The van der Waals surface area contributed by atoms with E-state index in [0.717, 1.165) is 5.56 Å². The van der Waals surface area contributed by atoms with Gasteiger partial charge < -0.3 is 19.0 Å². The fourth-order valence-corrected chi connectivity index (χ4v) is 2.92. The van der Waals surface area contributed by atoms with Crippen LogP contribution in [0.5, 0.6) is 0 Å². The molecular formula is C18H19N3O6S. The van der Waals surface area contributed by atoms with E-state index in [1.165, 1.54) is 18.4 Å². The molecule has 0 spiro atoms. The third kappa shape index (κ3) is 5.52. The molecule has 2 heterocycles. The highest BCUT2D eigenvalue weighted by Crippen LogP contribution is 2.20. The SMILES string of the molecule is NS(=O)(=O)c1ccc(CCNC(=O)COCc2cc(-c3ccco3)on2)cc1. The number of carbonyl (C=O) groups is 1. The Labute approximate surface area is 161 Å². The minimum Gasteiger partial charge on any atom is -0.461 e. The Morgan fingerprint density at radius 2 is 1.96 bits per heavy atom. The summed E-state index contributed by atoms with van der Waals surface area (Å²) in [5.41, 5.74) is 1.43. The van der Waals surface area contributed by atoms with Gasteiger partial charge in [-0.3, -0.25) is 4.79 Å². The summed E-state index contributed by atoms with van der Waals surface area (Å²) in [4.78, 5) is 11.9. The zero-order valence-corrected chi connectivity index (χ0v) is 15.6. The maximum Gasteiger partial charge on any atom is 0.246 e. The van der Waals surface area contributed by atoms with E-state index in [4.69, 9.17) is 18.8 Å². The van der Waals surface area contributed by atoms with Gasteiger partial charge in [0.2, 0.25) is 21.7 Å². The molecule has 1 aromatic carbocycles. The van der Waals surface area contributed by atoms with Gasteiger partial charge in [0.05, 0.1) is 17.8 Å². The van der Waals surface area contributed by atoms with Crippen molar-refractivity contribution in [3.63, 3.8) is 0 Å². The predicted molar refractivity (Wildman–Crippen MR) is 98.4 cm³/mol. The number of benzene rings is 1. The molecule has 10 heteroatoms. The number of carbonyl (C=O) groups excluding carboxylic acids is 1. The number of rotatable bonds is 9. The average molecular weight is 405 g/mol. The van der Waals surface area contributed by atoms with Crippen LogP contribution in [0, 0.1) is 0 Å². The number of nitrogens with zero attached hydrogens (tertiary/aromatic N) is 1. The summed E-state index contributed by atoms with van der Waals surface area (Å²) in [5.74, 6) is 0.783. The number of hydrogen-bond donors (Lipinski definition) is 2. The average Bonchev–Trinajstić information content (AvgIpc) is 3.33. The lowest BCUT2D eigenvalue weighted by atomic mass is 10.1. The van der Waals surface area contributed by atoms with Crippen molar-refractivity contribution in [3.8, 4) is 11.5 Å². The van der Waals surface area contributed by atoms with Crippen molar-refractivity contribution < 1.29 is 26.9 Å². The molecule has 0 saturated heterocycles. The number of amides is 1. The van der Waals surface area contributed by atoms with Gasteiger partial charge >= 0.3 is 0 Å². The minimum absolute atomic E-state index is 0.0525. The van der Waals surface area contributed by atoms with E-state index in [-0.39, 0.29) is 24.0 Å². The molecule has 9 nitrogen and oxygen atoms in total. The standard InChI is InChI=1S/C18H19N3O6S/c19-28(23,24)15-5-3-13(4-6-15)7-8-20-18(22)12-25-11-14-10-17(27-21-14)16-2-1-9-26-16/h1-6,9-10H,7-8,11-12H2,(H,20,22)(H2,19,23,24). The van der Waals surface area contributed by atoms with Gasteiger partial charge in [-0.1, -0.05) is 17.3 Å². The number of aromatic nitrogens is 1. The second-order valence-corrected chi connectivity index (χ2v) is 7.50. The molecule has 0 saturated carbocycles. The Morgan fingerprint density at radius 1 is 1.18 bits per heavy atom. The molecular weight excluding hydrogens is 386 g/mol. The van der Waals surface area contributed by atoms with Gasteiger partial charge in [-0.05, 0) is 36.2 Å². The summed E-state index contributed by atoms with van der Waals surface area (Å²) >= 11 is 0. The van der Waals surface area contributed by atoms with E-state index in [2.05, 4.69) is 10.5 Å². The third-order valence-corrected chi connectivity index (χ3v) is 4.72. The predicted octanol–water partition coefficient (Wildman–Crippen LogP) is 1.46. The second-order valence-electron chi connectivity index (χ2n) is 5.94. The van der Waals surface area contributed by atoms with Crippen LogP contribution < -0.4 is 10.5 Å². The van der Waals surface area contributed by atoms with Crippen LogP contribution >= 0.6 is 0 Å². The Kier molecular flexibility index (Phi) is 6.24. The first-order chi connectivity index (χ1) is 13.4. The van der Waals surface area contributed by atoms with Crippen molar-refractivity contribution in [1.29, 1.82) is 0 Å². The highest BCUT2D eigenvalue weighted by atomic mass is 32.2. The molecule has 0 radical (unpaired) electrons. The molecule has 28 heavy (non-hydrogen) atoms. The summed E-state index contributed by atoms with van der Waals surface area (Å²) in [6, 6.07) is 11.4. The van der Waals surface area contributed by atoms with Crippen molar-refractivity contribution in [3.05, 3.63) is 60.0 Å². The smallest absolute Gasteiger partial charge is 0.246 e. The Bertz CT molecular complexity index is 1010. The molecule has 0 unspecified atom stereocenters. The first-order valence-electron chi connectivity index (χ1n) is 8.37. The number of nitrogens with one attached hydrogen (secondary N) is 1. The molecule has 0 aliphatic carbocycles. The summed E-state index contributed by atoms with van der Waals surface area (Å²) in [6.07, 6.45) is 2.08. The molecule has 3 rings (SSSR count). The van der Waals surface area contributed by atoms with Crippen LogP contribution in [0.4, 0.5) is 0 Å². The van der Waals surface area contributed by atoms with Crippen molar-refractivity contribution >= 4 is 15.9 Å². The maximum atomic E-state index is 11.8. The van der Waals surface area contributed by atoms with E-state index in [9.17, 15) is 13.2 Å². The number of primary sulfonamides is 1. The van der Waals surface area contributed by atoms with Crippen LogP contribution in [0.15, 0.2) is 62.6 Å². The van der Waals surface area contributed by atoms with Crippen LogP contribution in [-0.4, -0.2) is 32.6 Å². The summed E-state index contributed by atoms with van der Waals surface area (Å²) in [7, 11) is -3.70. The topological polar surface area (TPSA) is 138 Å². The Balaban J connectivity index is 1.36. The van der Waals surface area contributed by atoms with Gasteiger partial charge in [-0.25, -0.2) is 13.6 Å². The van der Waals surface area contributed by atoms with Crippen LogP contribution in [0.2, 0.25) is 0 Å². The van der Waals surface area contributed by atoms with Gasteiger partial charge in [0, 0.05) is 12.6 Å². The zero-order valence-electron chi connectivity index (χ0n) is 14.8. The van der Waals surface area contributed by atoms with Gasteiger partial charge in [-0.2, -0.15) is 0 Å². The summed E-state index contributed by atoms with van der Waals surface area (Å²) < 4.78 is 38.1. The van der Waals surface area contributed by atoms with Gasteiger partial charge in [0.15, 0.2) is 5.76 Å². The first-order valence-corrected chi connectivity index (χ1v) is 9.92. The van der Waals surface area contributed by atoms with Gasteiger partial charge in [-0.15, -0.1) is 0 Å². The number of nitrogens with two attached hydrogens (primary N) is 1. The molecule has 0 atom stereocenters. The third-order valence-electron chi connectivity index (χ3n) is 3.79. The van der Waals surface area contributed by atoms with E-state index in [1.54, 1.807) is 30.3 Å². The molecule has 0 aliphatic heterocycles. The van der Waals surface area contributed by atoms with Crippen LogP contribution in [0.25, 0.3) is 11.5 Å². The van der Waals surface area contributed by atoms with Crippen molar-refractivity contribution in [1.82, 2.24) is 10.5 Å². The monoisotopic (exact) mass is 405 g/mol. The minimum atomic E-state index is -3.70. The summed E-state index contributed by atoms with van der Waals surface area (Å²) in [5, 5.41) is 11.6. The van der Waals surface area contributed by atoms with Crippen molar-refractivity contribution in [2.75, 3.05) is 13.2 Å². The quantitative estimate of drug-likeness (QED) is 0.549. The molecule has 0 fully saturated rings. The molecule has 1 amide bonds. The molecule has 3 N–H and O–H groups in total. The molecule has 0 bridgehead atoms. The highest BCUT2D eigenvalue weighted by molar-refractivity contribution is 7.89. The molecule has 148 valence electrons. The summed E-state index contributed by atoms with van der Waals surface area (Å²) in [6.45, 7) is 0.406. The Hall–Kier alpha value is -2.95. The van der Waals surface area contributed by atoms with Crippen LogP contribution in [0.3, 0.4) is 0 Å². The van der Waals surface area contributed by atoms with Crippen LogP contribution in [-0.2, 0) is 32.6 Å². The van der Waals surface area contributed by atoms with E-state index >= 15 is 0 Å². The number of hydrogen-bond acceptors (Lipinski definition) is 7. The lowest BCUT2D eigenvalue weighted by molar-refractivity contribution is -0.126. The number of ether oxygens (including phenoxy) is 1. The fourth-order valence-electron chi connectivity index (χ4n) is 2.41. The lowest BCUT2D eigenvalue weighted by Gasteiger charge is -2.06. The molecule has 3 aromatic rings. The lowest BCUT2D eigenvalue weighted by Crippen LogP contribution is -2.29. The van der Waals surface area contributed by atoms with Crippen molar-refractivity contribution in [2.24, 2.45) is 5.14 Å². The van der Waals surface area contributed by atoms with Gasteiger partial charge in [0.1, 0.15) is 12.3 Å². The first kappa shape index (κ1) is 19.8. The van der Waals surface area contributed by atoms with E-state index in [0.29, 0.717) is 30.2 Å². The van der Waals surface area contributed by atoms with Crippen molar-refractivity contribution in [2.45, 2.75) is 17.9 Å². The number of furan rings is 1. The van der Waals surface area contributed by atoms with Gasteiger partial charge in [0.25, 0.3) is 0 Å². The molecule has 0 aliphatic rings. The highest BCUT2D eigenvalue weighted by Gasteiger charge is 2.10.